The van der Waals surface area contributed by atoms with Gasteiger partial charge in [-0.15, -0.1) is 0 Å². The fraction of sp³-hybridized carbons (Fsp3) is 0.875. The Bertz CT molecular complexity index is 313. The predicted octanol–water partition coefficient (Wildman–Crippen LogP) is -0.547. The zero-order valence-corrected chi connectivity index (χ0v) is 15.3. The van der Waals surface area contributed by atoms with Crippen molar-refractivity contribution in [2.24, 2.45) is 5.16 Å². The number of hydrogen-bond acceptors (Lipinski definition) is 7. The SMILES string of the molecule is CN(C)CCCNCCCNCCCNCCCNC(=O)/C=N/O. The Balaban J connectivity index is 3.06. The van der Waals surface area contributed by atoms with Crippen molar-refractivity contribution in [2.75, 3.05) is 66.5 Å². The third-order valence-corrected chi connectivity index (χ3v) is 3.38. The van der Waals surface area contributed by atoms with Gasteiger partial charge in [0.25, 0.3) is 5.91 Å². The van der Waals surface area contributed by atoms with Crippen LogP contribution < -0.4 is 21.3 Å². The van der Waals surface area contributed by atoms with Gasteiger partial charge in [0.1, 0.15) is 6.21 Å². The molecule has 0 saturated carbocycles. The van der Waals surface area contributed by atoms with Crippen molar-refractivity contribution in [3.05, 3.63) is 0 Å². The van der Waals surface area contributed by atoms with Gasteiger partial charge in [-0.05, 0) is 85.6 Å². The molecule has 0 unspecified atom stereocenters. The highest BCUT2D eigenvalue weighted by atomic mass is 16.4. The minimum Gasteiger partial charge on any atom is -0.411 e. The molecule has 0 radical (unpaired) electrons. The van der Waals surface area contributed by atoms with E-state index in [9.17, 15) is 4.79 Å². The van der Waals surface area contributed by atoms with E-state index in [0.29, 0.717) is 6.54 Å². The summed E-state index contributed by atoms with van der Waals surface area (Å²) in [5.41, 5.74) is 0. The van der Waals surface area contributed by atoms with E-state index >= 15 is 0 Å². The quantitative estimate of drug-likeness (QED) is 0.105. The summed E-state index contributed by atoms with van der Waals surface area (Å²) in [6, 6.07) is 0. The van der Waals surface area contributed by atoms with Crippen LogP contribution in [0.2, 0.25) is 0 Å². The molecule has 0 aromatic rings. The number of amides is 1. The van der Waals surface area contributed by atoms with Gasteiger partial charge in [0.2, 0.25) is 0 Å². The Morgan fingerprint density at radius 1 is 0.875 bits per heavy atom. The summed E-state index contributed by atoms with van der Waals surface area (Å²) in [4.78, 5) is 13.2. The lowest BCUT2D eigenvalue weighted by atomic mass is 10.3. The first-order valence-corrected chi connectivity index (χ1v) is 8.89. The normalized spacial score (nSPS) is 11.5. The Morgan fingerprint density at radius 2 is 1.33 bits per heavy atom. The van der Waals surface area contributed by atoms with Crippen LogP contribution in [0.1, 0.15) is 25.7 Å². The number of rotatable bonds is 17. The maximum Gasteiger partial charge on any atom is 0.265 e. The molecule has 24 heavy (non-hydrogen) atoms. The minimum atomic E-state index is -0.367. The lowest BCUT2D eigenvalue weighted by Gasteiger charge is -2.10. The van der Waals surface area contributed by atoms with Crippen molar-refractivity contribution >= 4 is 12.1 Å². The number of oxime groups is 1. The second kappa shape index (κ2) is 18.1. The fourth-order valence-corrected chi connectivity index (χ4v) is 2.10. The van der Waals surface area contributed by atoms with Gasteiger partial charge in [0, 0.05) is 6.54 Å². The second-order valence-corrected chi connectivity index (χ2v) is 6.00. The maximum atomic E-state index is 10.9. The molecule has 0 heterocycles. The predicted molar refractivity (Wildman–Crippen MR) is 98.9 cm³/mol. The topological polar surface area (TPSA) is 101 Å². The molecular weight excluding hydrogens is 308 g/mol. The molecule has 0 rings (SSSR count). The van der Waals surface area contributed by atoms with Gasteiger partial charge >= 0.3 is 0 Å². The Hall–Kier alpha value is -1.22. The van der Waals surface area contributed by atoms with Crippen LogP contribution in [0.25, 0.3) is 0 Å². The summed E-state index contributed by atoms with van der Waals surface area (Å²) in [5.74, 6) is -0.367. The molecule has 0 atom stereocenters. The molecule has 8 nitrogen and oxygen atoms in total. The number of nitrogens with zero attached hydrogens (tertiary/aromatic N) is 2. The van der Waals surface area contributed by atoms with Gasteiger partial charge in [-0.2, -0.15) is 0 Å². The highest BCUT2D eigenvalue weighted by Crippen LogP contribution is 1.82. The number of hydrogen-bond donors (Lipinski definition) is 5. The molecule has 8 heteroatoms. The van der Waals surface area contributed by atoms with Crippen LogP contribution in [0.15, 0.2) is 5.16 Å². The number of carbonyl (C=O) groups is 1. The van der Waals surface area contributed by atoms with E-state index in [2.05, 4.69) is 45.4 Å². The molecule has 0 fully saturated rings. The monoisotopic (exact) mass is 344 g/mol. The van der Waals surface area contributed by atoms with Crippen LogP contribution in [0.5, 0.6) is 0 Å². The van der Waals surface area contributed by atoms with Crippen LogP contribution in [0.3, 0.4) is 0 Å². The largest absolute Gasteiger partial charge is 0.411 e. The van der Waals surface area contributed by atoms with Gasteiger partial charge < -0.3 is 31.4 Å². The van der Waals surface area contributed by atoms with E-state index in [1.165, 1.54) is 6.42 Å². The number of carbonyl (C=O) groups excluding carboxylic acids is 1. The van der Waals surface area contributed by atoms with E-state index in [1.54, 1.807) is 0 Å². The molecule has 0 aromatic heterocycles. The minimum absolute atomic E-state index is 0.367. The van der Waals surface area contributed by atoms with Gasteiger partial charge in [0.15, 0.2) is 0 Å². The zero-order chi connectivity index (χ0) is 17.9. The van der Waals surface area contributed by atoms with Crippen LogP contribution in [-0.2, 0) is 4.79 Å². The van der Waals surface area contributed by atoms with Crippen LogP contribution in [-0.4, -0.2) is 88.7 Å². The van der Waals surface area contributed by atoms with Gasteiger partial charge in [-0.1, -0.05) is 5.16 Å². The van der Waals surface area contributed by atoms with E-state index < -0.39 is 0 Å². The maximum absolute atomic E-state index is 10.9. The number of nitrogens with one attached hydrogen (secondary N) is 4. The molecule has 0 saturated heterocycles. The molecule has 0 aliphatic rings. The molecular formula is C16H36N6O2. The molecule has 5 N–H and O–H groups in total. The molecule has 142 valence electrons. The Kier molecular flexibility index (Phi) is 17.2. The second-order valence-electron chi connectivity index (χ2n) is 6.00. The van der Waals surface area contributed by atoms with E-state index in [0.717, 1.165) is 71.3 Å². The van der Waals surface area contributed by atoms with Crippen molar-refractivity contribution in [2.45, 2.75) is 25.7 Å². The van der Waals surface area contributed by atoms with Crippen molar-refractivity contribution in [3.8, 4) is 0 Å². The summed E-state index contributed by atoms with van der Waals surface area (Å²) < 4.78 is 0. The Morgan fingerprint density at radius 3 is 1.79 bits per heavy atom. The first-order chi connectivity index (χ1) is 11.7. The first kappa shape index (κ1) is 22.8. The molecule has 0 aromatic carbocycles. The first-order valence-electron chi connectivity index (χ1n) is 8.89. The van der Waals surface area contributed by atoms with Crippen LogP contribution >= 0.6 is 0 Å². The summed E-state index contributed by atoms with van der Waals surface area (Å²) in [6.07, 6.45) is 5.17. The van der Waals surface area contributed by atoms with E-state index in [1.807, 2.05) is 0 Å². The summed E-state index contributed by atoms with van der Waals surface area (Å²) in [7, 11) is 4.20. The standard InChI is InChI=1S/C16H36N6O2/c1-22(2)14-6-12-19-10-4-8-17-7-3-9-18-11-5-13-20-16(23)15-21-24/h15,17-19,24H,3-14H2,1-2H3,(H,20,23)/b21-15+. The third-order valence-electron chi connectivity index (χ3n) is 3.38. The van der Waals surface area contributed by atoms with Gasteiger partial charge in [-0.3, -0.25) is 4.79 Å². The lowest BCUT2D eigenvalue weighted by Crippen LogP contribution is -2.29. The van der Waals surface area contributed by atoms with Gasteiger partial charge in [0.05, 0.1) is 0 Å². The van der Waals surface area contributed by atoms with Crippen molar-refractivity contribution in [1.29, 1.82) is 0 Å². The summed E-state index contributed by atoms with van der Waals surface area (Å²) in [5, 5.41) is 23.7. The van der Waals surface area contributed by atoms with Crippen molar-refractivity contribution in [3.63, 3.8) is 0 Å². The molecule has 0 aliphatic heterocycles. The van der Waals surface area contributed by atoms with Crippen molar-refractivity contribution in [1.82, 2.24) is 26.2 Å². The average molecular weight is 345 g/mol. The highest BCUT2D eigenvalue weighted by Gasteiger charge is 1.95. The Labute approximate surface area is 146 Å². The lowest BCUT2D eigenvalue weighted by molar-refractivity contribution is -0.114. The smallest absolute Gasteiger partial charge is 0.265 e. The average Bonchev–Trinajstić information content (AvgIpc) is 2.54. The summed E-state index contributed by atoms with van der Waals surface area (Å²) >= 11 is 0. The highest BCUT2D eigenvalue weighted by molar-refractivity contribution is 6.25. The molecule has 1 amide bonds. The van der Waals surface area contributed by atoms with E-state index in [-0.39, 0.29) is 5.91 Å². The van der Waals surface area contributed by atoms with Crippen LogP contribution in [0, 0.1) is 0 Å². The zero-order valence-electron chi connectivity index (χ0n) is 15.3. The molecule has 0 bridgehead atoms. The molecule has 0 aliphatic carbocycles. The van der Waals surface area contributed by atoms with Crippen molar-refractivity contribution < 1.29 is 10.0 Å². The molecule has 0 spiro atoms. The third kappa shape index (κ3) is 18.8. The fourth-order valence-electron chi connectivity index (χ4n) is 2.10. The summed E-state index contributed by atoms with van der Waals surface area (Å²) in [6.45, 7) is 7.81. The van der Waals surface area contributed by atoms with Gasteiger partial charge in [-0.25, -0.2) is 0 Å². The van der Waals surface area contributed by atoms with Crippen LogP contribution in [0.4, 0.5) is 0 Å². The van der Waals surface area contributed by atoms with E-state index in [4.69, 9.17) is 5.21 Å².